The molecule has 0 N–H and O–H groups in total. The predicted octanol–water partition coefficient (Wildman–Crippen LogP) is -5.48. The Kier molecular flexibility index (Phi) is 49.7. The maximum Gasteiger partial charge on any atom is 1.00 e. The minimum Gasteiger partial charge on any atom is -0.748 e. The molecule has 0 radical (unpaired) electrons. The fourth-order valence-corrected chi connectivity index (χ4v) is 5.13. The van der Waals surface area contributed by atoms with E-state index in [1.165, 1.54) is 0 Å². The molecule has 0 aromatic heterocycles. The van der Waals surface area contributed by atoms with Crippen molar-refractivity contribution in [1.82, 2.24) is 0 Å². The van der Waals surface area contributed by atoms with Crippen LogP contribution in [0.2, 0.25) is 0 Å². The van der Waals surface area contributed by atoms with Gasteiger partial charge in [0.1, 0.15) is 13.2 Å². The second-order valence-electron chi connectivity index (χ2n) is 11.7. The van der Waals surface area contributed by atoms with E-state index in [-0.39, 0.29) is 129 Å². The van der Waals surface area contributed by atoms with Crippen LogP contribution in [0.15, 0.2) is 24.3 Å². The predicted molar refractivity (Wildman–Crippen MR) is 206 cm³/mol. The molecular formula is C36H64K2O20S2. The third-order valence-corrected chi connectivity index (χ3v) is 8.48. The SMILES string of the molecule is O=S(=O)([O-])CCCOCCOCCOCCOCCOCCOCCOc1ccccc1OCCOCCOCCOCCOCCOCCOCCCS(=O)(=O)[O-].[K+].[K+]. The van der Waals surface area contributed by atoms with Crippen molar-refractivity contribution in [3.05, 3.63) is 24.3 Å². The van der Waals surface area contributed by atoms with E-state index in [2.05, 4.69) is 0 Å². The van der Waals surface area contributed by atoms with Gasteiger partial charge in [0.05, 0.1) is 166 Å². The standard InChI is InChI=1S/C36H66O20S2.2K/c37-57(38,39)33-3-7-43-9-11-45-13-15-47-17-19-49-21-23-51-25-27-53-29-31-55-35-5-1-2-6-36(35)56-32-30-54-28-26-52-24-22-50-20-18-48-16-14-46-12-10-44-8-4-34-58(40,41)42;;/h1-2,5-6H,3-4,7-34H2,(H,37,38,39)(H,40,41,42);;/q;2*+1/p-2. The number of hydrogen-bond acceptors (Lipinski definition) is 20. The van der Waals surface area contributed by atoms with Gasteiger partial charge in [-0.2, -0.15) is 0 Å². The van der Waals surface area contributed by atoms with Crippen molar-refractivity contribution in [2.24, 2.45) is 0 Å². The number of benzene rings is 1. The molecule has 1 rings (SSSR count). The van der Waals surface area contributed by atoms with Gasteiger partial charge in [-0.15, -0.1) is 0 Å². The Bertz CT molecular complexity index is 1180. The van der Waals surface area contributed by atoms with Crippen LogP contribution in [0, 0.1) is 0 Å². The molecule has 0 bridgehead atoms. The van der Waals surface area contributed by atoms with Gasteiger partial charge in [0.15, 0.2) is 11.5 Å². The van der Waals surface area contributed by atoms with Crippen molar-refractivity contribution in [2.75, 3.05) is 183 Å². The molecule has 20 nitrogen and oxygen atoms in total. The minimum atomic E-state index is -4.19. The summed E-state index contributed by atoms with van der Waals surface area (Å²) in [5, 5.41) is 0. The molecule has 0 aliphatic heterocycles. The molecule has 0 atom stereocenters. The fraction of sp³-hybridized carbons (Fsp3) is 0.833. The van der Waals surface area contributed by atoms with Gasteiger partial charge < -0.3 is 75.4 Å². The summed E-state index contributed by atoms with van der Waals surface area (Å²) in [6.07, 6.45) is 0.344. The maximum absolute atomic E-state index is 10.5. The molecule has 0 amide bonds. The number of rotatable bonds is 46. The first-order valence-corrected chi connectivity index (χ1v) is 22.5. The fourth-order valence-electron chi connectivity index (χ4n) is 4.19. The van der Waals surface area contributed by atoms with E-state index >= 15 is 0 Å². The van der Waals surface area contributed by atoms with Crippen molar-refractivity contribution in [3.8, 4) is 11.5 Å². The molecule has 0 spiro atoms. The van der Waals surface area contributed by atoms with E-state index in [1.54, 1.807) is 0 Å². The van der Waals surface area contributed by atoms with Crippen LogP contribution in [0.25, 0.3) is 0 Å². The van der Waals surface area contributed by atoms with E-state index in [0.717, 1.165) is 0 Å². The van der Waals surface area contributed by atoms with Gasteiger partial charge in [0, 0.05) is 24.7 Å². The van der Waals surface area contributed by atoms with Gasteiger partial charge in [-0.05, 0) is 25.0 Å². The second-order valence-corrected chi connectivity index (χ2v) is 14.8. The Labute approximate surface area is 441 Å². The first-order valence-electron chi connectivity index (χ1n) is 19.3. The quantitative estimate of drug-likeness (QED) is 0.0336. The van der Waals surface area contributed by atoms with Gasteiger partial charge in [0.25, 0.3) is 0 Å². The van der Waals surface area contributed by atoms with Crippen LogP contribution in [0.3, 0.4) is 0 Å². The Morgan fingerprint density at radius 2 is 0.500 bits per heavy atom. The summed E-state index contributed by atoms with van der Waals surface area (Å²) < 4.78 is 139. The van der Waals surface area contributed by atoms with Gasteiger partial charge in [-0.1, -0.05) is 12.1 Å². The zero-order valence-corrected chi connectivity index (χ0v) is 43.4. The molecule has 0 saturated heterocycles. The Morgan fingerprint density at radius 1 is 0.317 bits per heavy atom. The molecule has 0 saturated carbocycles. The van der Waals surface area contributed by atoms with Crippen molar-refractivity contribution < 1.29 is 195 Å². The molecule has 60 heavy (non-hydrogen) atoms. The maximum atomic E-state index is 10.5. The zero-order valence-electron chi connectivity index (χ0n) is 35.5. The smallest absolute Gasteiger partial charge is 0.748 e. The summed E-state index contributed by atoms with van der Waals surface area (Å²) in [6, 6.07) is 7.39. The normalized spacial score (nSPS) is 11.6. The molecule has 1 aromatic rings. The molecular weight excluding hydrogens is 895 g/mol. The summed E-state index contributed by atoms with van der Waals surface area (Å²) in [4.78, 5) is 0. The average molecular weight is 959 g/mol. The van der Waals surface area contributed by atoms with E-state index in [9.17, 15) is 25.9 Å². The number of ether oxygens (including phenoxy) is 14. The van der Waals surface area contributed by atoms with E-state index in [0.29, 0.717) is 170 Å². The van der Waals surface area contributed by atoms with Crippen LogP contribution in [0.1, 0.15) is 12.8 Å². The van der Waals surface area contributed by atoms with Gasteiger partial charge in [-0.3, -0.25) is 0 Å². The van der Waals surface area contributed by atoms with Crippen LogP contribution in [0.4, 0.5) is 0 Å². The summed E-state index contributed by atoms with van der Waals surface area (Å²) in [5.74, 6) is 0.377. The number of hydrogen-bond donors (Lipinski definition) is 0. The van der Waals surface area contributed by atoms with Crippen molar-refractivity contribution in [1.29, 1.82) is 0 Å². The first-order chi connectivity index (χ1) is 28.2. The Hall–Kier alpha value is 1.43. The van der Waals surface area contributed by atoms with Crippen LogP contribution >= 0.6 is 0 Å². The molecule has 0 unspecified atom stereocenters. The van der Waals surface area contributed by atoms with E-state index < -0.39 is 31.7 Å². The van der Waals surface area contributed by atoms with Crippen LogP contribution in [-0.2, 0) is 77.1 Å². The summed E-state index contributed by atoms with van der Waals surface area (Å²) in [6.45, 7) is 10.00. The molecule has 24 heteroatoms. The zero-order chi connectivity index (χ0) is 42.1. The Morgan fingerprint density at radius 3 is 0.700 bits per heavy atom. The van der Waals surface area contributed by atoms with E-state index in [4.69, 9.17) is 66.3 Å². The monoisotopic (exact) mass is 958 g/mol. The Balaban J connectivity index is 0. The van der Waals surface area contributed by atoms with Crippen LogP contribution in [0.5, 0.6) is 11.5 Å². The average Bonchev–Trinajstić information content (AvgIpc) is 3.18. The largest absolute Gasteiger partial charge is 1.00 e. The summed E-state index contributed by atoms with van der Waals surface area (Å²) in [7, 11) is -8.38. The number of para-hydroxylation sites is 2. The molecule has 1 aromatic carbocycles. The van der Waals surface area contributed by atoms with Crippen molar-refractivity contribution >= 4 is 20.2 Å². The third kappa shape index (κ3) is 48.9. The van der Waals surface area contributed by atoms with Gasteiger partial charge in [0.2, 0.25) is 0 Å². The van der Waals surface area contributed by atoms with Gasteiger partial charge in [-0.25, -0.2) is 16.8 Å². The molecule has 342 valence electrons. The molecule has 0 aliphatic carbocycles. The molecule has 0 aliphatic rings. The molecule has 0 heterocycles. The van der Waals surface area contributed by atoms with E-state index in [1.807, 2.05) is 24.3 Å². The van der Waals surface area contributed by atoms with Crippen molar-refractivity contribution in [3.63, 3.8) is 0 Å². The topological polar surface area (TPSA) is 244 Å². The van der Waals surface area contributed by atoms with Crippen LogP contribution in [-0.4, -0.2) is 209 Å². The first kappa shape index (κ1) is 63.5. The second kappa shape index (κ2) is 46.9. The summed E-state index contributed by atoms with van der Waals surface area (Å²) >= 11 is 0. The minimum absolute atomic E-state index is 0. The summed E-state index contributed by atoms with van der Waals surface area (Å²) in [5.41, 5.74) is 0. The molecule has 0 fully saturated rings. The van der Waals surface area contributed by atoms with Gasteiger partial charge >= 0.3 is 103 Å². The van der Waals surface area contributed by atoms with Crippen molar-refractivity contribution in [2.45, 2.75) is 12.8 Å². The third-order valence-electron chi connectivity index (χ3n) is 6.91. The van der Waals surface area contributed by atoms with Crippen LogP contribution < -0.4 is 112 Å².